The Morgan fingerprint density at radius 2 is 1.86 bits per heavy atom. The van der Waals surface area contributed by atoms with Gasteiger partial charge in [0.15, 0.2) is 0 Å². The lowest BCUT2D eigenvalue weighted by Crippen LogP contribution is -2.45. The summed E-state index contributed by atoms with van der Waals surface area (Å²) in [6, 6.07) is 0.584. The van der Waals surface area contributed by atoms with Crippen molar-refractivity contribution < 1.29 is 5.11 Å². The Balaban J connectivity index is 2.40. The molecule has 1 aliphatic rings. The van der Waals surface area contributed by atoms with E-state index in [1.165, 1.54) is 19.3 Å². The molecule has 1 N–H and O–H groups in total. The first-order valence-corrected chi connectivity index (χ1v) is 6.00. The second kappa shape index (κ2) is 5.13. The van der Waals surface area contributed by atoms with Gasteiger partial charge in [-0.2, -0.15) is 0 Å². The highest BCUT2D eigenvalue weighted by Crippen LogP contribution is 2.29. The van der Waals surface area contributed by atoms with E-state index in [1.807, 2.05) is 0 Å². The van der Waals surface area contributed by atoms with E-state index in [1.54, 1.807) is 0 Å². The molecule has 0 bridgehead atoms. The minimum absolute atomic E-state index is 0.392. The maximum absolute atomic E-state index is 10.3. The lowest BCUT2D eigenvalue weighted by Gasteiger charge is -2.37. The van der Waals surface area contributed by atoms with Crippen LogP contribution in [-0.4, -0.2) is 35.2 Å². The van der Waals surface area contributed by atoms with Crippen LogP contribution >= 0.6 is 0 Å². The topological polar surface area (TPSA) is 23.5 Å². The van der Waals surface area contributed by atoms with E-state index in [4.69, 9.17) is 0 Å². The number of aliphatic hydroxyl groups is 1. The van der Waals surface area contributed by atoms with Crippen molar-refractivity contribution in [2.75, 3.05) is 13.6 Å². The van der Waals surface area contributed by atoms with Crippen LogP contribution in [0.3, 0.4) is 0 Å². The molecule has 1 aliphatic carbocycles. The molecule has 0 aromatic heterocycles. The lowest BCUT2D eigenvalue weighted by atomic mass is 9.84. The van der Waals surface area contributed by atoms with Crippen LogP contribution in [0.2, 0.25) is 0 Å². The molecule has 14 heavy (non-hydrogen) atoms. The maximum atomic E-state index is 10.3. The van der Waals surface area contributed by atoms with Crippen molar-refractivity contribution in [2.45, 2.75) is 64.0 Å². The van der Waals surface area contributed by atoms with Gasteiger partial charge in [0, 0.05) is 12.6 Å². The highest BCUT2D eigenvalue weighted by Gasteiger charge is 2.31. The molecule has 0 amide bonds. The molecular weight excluding hydrogens is 174 g/mol. The average molecular weight is 199 g/mol. The summed E-state index contributed by atoms with van der Waals surface area (Å²) in [5.41, 5.74) is -0.392. The Morgan fingerprint density at radius 3 is 2.36 bits per heavy atom. The highest BCUT2D eigenvalue weighted by atomic mass is 16.3. The molecule has 2 heteroatoms. The van der Waals surface area contributed by atoms with Gasteiger partial charge in [0.05, 0.1) is 5.60 Å². The molecule has 0 aromatic carbocycles. The fraction of sp³-hybridized carbons (Fsp3) is 1.00. The quantitative estimate of drug-likeness (QED) is 0.751. The van der Waals surface area contributed by atoms with Gasteiger partial charge in [0.1, 0.15) is 0 Å². The molecule has 84 valence electrons. The molecule has 1 rings (SSSR count). The summed E-state index contributed by atoms with van der Waals surface area (Å²) in [5.74, 6) is 0. The van der Waals surface area contributed by atoms with Crippen LogP contribution in [0.1, 0.15) is 52.4 Å². The normalized spacial score (nSPS) is 23.8. The molecule has 1 atom stereocenters. The Kier molecular flexibility index (Phi) is 4.39. The van der Waals surface area contributed by atoms with Crippen LogP contribution in [0.15, 0.2) is 0 Å². The minimum atomic E-state index is -0.392. The molecule has 0 radical (unpaired) electrons. The molecule has 2 nitrogen and oxygen atoms in total. The van der Waals surface area contributed by atoms with Crippen molar-refractivity contribution in [3.05, 3.63) is 0 Å². The SMILES string of the molecule is CCC(C)N(C)CC1(O)CCCCC1. The summed E-state index contributed by atoms with van der Waals surface area (Å²) in [4.78, 5) is 2.30. The van der Waals surface area contributed by atoms with Gasteiger partial charge in [-0.15, -0.1) is 0 Å². The zero-order valence-electron chi connectivity index (χ0n) is 9.92. The van der Waals surface area contributed by atoms with Crippen molar-refractivity contribution >= 4 is 0 Å². The summed E-state index contributed by atoms with van der Waals surface area (Å²) in [6.45, 7) is 5.28. The zero-order valence-corrected chi connectivity index (χ0v) is 9.92. The molecule has 1 unspecified atom stereocenters. The molecule has 1 fully saturated rings. The van der Waals surface area contributed by atoms with Crippen LogP contribution < -0.4 is 0 Å². The number of rotatable bonds is 4. The molecule has 1 saturated carbocycles. The Labute approximate surface area is 88.3 Å². The van der Waals surface area contributed by atoms with Crippen LogP contribution in [0.5, 0.6) is 0 Å². The van der Waals surface area contributed by atoms with Gasteiger partial charge in [-0.05, 0) is 33.2 Å². The van der Waals surface area contributed by atoms with Crippen molar-refractivity contribution in [1.82, 2.24) is 4.90 Å². The van der Waals surface area contributed by atoms with Crippen LogP contribution in [0, 0.1) is 0 Å². The standard InChI is InChI=1S/C12H25NO/c1-4-11(2)13(3)10-12(14)8-6-5-7-9-12/h11,14H,4-10H2,1-3H3. The van der Waals surface area contributed by atoms with Crippen LogP contribution in [0.25, 0.3) is 0 Å². The smallest absolute Gasteiger partial charge is 0.0774 e. The van der Waals surface area contributed by atoms with Gasteiger partial charge in [0.25, 0.3) is 0 Å². The van der Waals surface area contributed by atoms with E-state index in [0.717, 1.165) is 25.8 Å². The van der Waals surface area contributed by atoms with E-state index in [9.17, 15) is 5.11 Å². The number of nitrogens with zero attached hydrogens (tertiary/aromatic N) is 1. The monoisotopic (exact) mass is 199 g/mol. The fourth-order valence-electron chi connectivity index (χ4n) is 2.30. The van der Waals surface area contributed by atoms with Gasteiger partial charge in [0.2, 0.25) is 0 Å². The Hall–Kier alpha value is -0.0800. The van der Waals surface area contributed by atoms with E-state index < -0.39 is 5.60 Å². The first-order chi connectivity index (χ1) is 6.57. The third-order valence-corrected chi connectivity index (χ3v) is 3.67. The predicted octanol–water partition coefficient (Wildman–Crippen LogP) is 2.41. The number of likely N-dealkylation sites (N-methyl/N-ethyl adjacent to an activating group) is 1. The summed E-state index contributed by atoms with van der Waals surface area (Å²) < 4.78 is 0. The predicted molar refractivity (Wildman–Crippen MR) is 60.4 cm³/mol. The van der Waals surface area contributed by atoms with Gasteiger partial charge in [-0.1, -0.05) is 26.2 Å². The van der Waals surface area contributed by atoms with E-state index >= 15 is 0 Å². The Morgan fingerprint density at radius 1 is 1.29 bits per heavy atom. The summed E-state index contributed by atoms with van der Waals surface area (Å²) in [6.07, 6.45) is 6.85. The van der Waals surface area contributed by atoms with Gasteiger partial charge < -0.3 is 10.0 Å². The fourth-order valence-corrected chi connectivity index (χ4v) is 2.30. The lowest BCUT2D eigenvalue weighted by molar-refractivity contribution is -0.0280. The molecular formula is C12H25NO. The Bertz CT molecular complexity index is 164. The average Bonchev–Trinajstić information content (AvgIpc) is 2.17. The maximum Gasteiger partial charge on any atom is 0.0774 e. The van der Waals surface area contributed by atoms with Crippen molar-refractivity contribution in [3.63, 3.8) is 0 Å². The van der Waals surface area contributed by atoms with Gasteiger partial charge >= 0.3 is 0 Å². The van der Waals surface area contributed by atoms with Crippen molar-refractivity contribution in [3.8, 4) is 0 Å². The summed E-state index contributed by atoms with van der Waals surface area (Å²) >= 11 is 0. The van der Waals surface area contributed by atoms with Crippen LogP contribution in [0.4, 0.5) is 0 Å². The summed E-state index contributed by atoms with van der Waals surface area (Å²) in [7, 11) is 2.13. The van der Waals surface area contributed by atoms with E-state index in [-0.39, 0.29) is 0 Å². The second-order valence-electron chi connectivity index (χ2n) is 4.96. The highest BCUT2D eigenvalue weighted by molar-refractivity contribution is 4.85. The third-order valence-electron chi connectivity index (χ3n) is 3.67. The van der Waals surface area contributed by atoms with Crippen molar-refractivity contribution in [2.24, 2.45) is 0 Å². The third kappa shape index (κ3) is 3.25. The molecule has 0 aromatic rings. The summed E-state index contributed by atoms with van der Waals surface area (Å²) in [5, 5.41) is 10.3. The minimum Gasteiger partial charge on any atom is -0.389 e. The zero-order chi connectivity index (χ0) is 10.6. The van der Waals surface area contributed by atoms with E-state index in [0.29, 0.717) is 6.04 Å². The molecule has 0 saturated heterocycles. The van der Waals surface area contributed by atoms with Gasteiger partial charge in [-0.3, -0.25) is 0 Å². The van der Waals surface area contributed by atoms with E-state index in [2.05, 4.69) is 25.8 Å². The first kappa shape index (κ1) is 12.0. The largest absolute Gasteiger partial charge is 0.389 e. The second-order valence-corrected chi connectivity index (χ2v) is 4.96. The van der Waals surface area contributed by atoms with Crippen molar-refractivity contribution in [1.29, 1.82) is 0 Å². The molecule has 0 spiro atoms. The molecule has 0 aliphatic heterocycles. The van der Waals surface area contributed by atoms with Crippen LogP contribution in [-0.2, 0) is 0 Å². The number of hydrogen-bond donors (Lipinski definition) is 1. The van der Waals surface area contributed by atoms with Gasteiger partial charge in [-0.25, -0.2) is 0 Å². The number of hydrogen-bond acceptors (Lipinski definition) is 2. The first-order valence-electron chi connectivity index (χ1n) is 6.00. The molecule has 0 heterocycles.